The first-order chi connectivity index (χ1) is 12.7. The molecule has 3 rings (SSSR count). The second kappa shape index (κ2) is 7.70. The van der Waals surface area contributed by atoms with Gasteiger partial charge in [0.2, 0.25) is 5.91 Å². The third-order valence-corrected chi connectivity index (χ3v) is 8.79. The lowest BCUT2D eigenvalue weighted by molar-refractivity contribution is -0.120. The Bertz CT molecular complexity index is 1030. The first-order valence-corrected chi connectivity index (χ1v) is 12.6. The van der Waals surface area contributed by atoms with Crippen LogP contribution in [0.1, 0.15) is 19.3 Å². The minimum Gasteiger partial charge on any atom is -0.324 e. The molecule has 0 saturated carbocycles. The maximum atomic E-state index is 12.9. The van der Waals surface area contributed by atoms with Gasteiger partial charge < -0.3 is 5.32 Å². The van der Waals surface area contributed by atoms with Crippen LogP contribution in [-0.4, -0.2) is 45.9 Å². The normalized spacial score (nSPS) is 18.9. The summed E-state index contributed by atoms with van der Waals surface area (Å²) in [5.74, 6) is -0.522. The number of hydrogen-bond acceptors (Lipinski definition) is 6. The van der Waals surface area contributed by atoms with Gasteiger partial charge in [-0.3, -0.25) is 4.79 Å². The lowest BCUT2D eigenvalue weighted by Gasteiger charge is -2.33. The van der Waals surface area contributed by atoms with Crippen LogP contribution < -0.4 is 5.32 Å². The maximum Gasteiger partial charge on any atom is 0.253 e. The van der Waals surface area contributed by atoms with Crippen molar-refractivity contribution in [1.82, 2.24) is 4.31 Å². The predicted molar refractivity (Wildman–Crippen MR) is 104 cm³/mol. The van der Waals surface area contributed by atoms with Crippen LogP contribution in [0.3, 0.4) is 0 Å². The van der Waals surface area contributed by atoms with Gasteiger partial charge in [0, 0.05) is 12.8 Å². The molecule has 1 aromatic heterocycles. The summed E-state index contributed by atoms with van der Waals surface area (Å²) in [6, 6.07) is 8.38. The second-order valence-electron chi connectivity index (χ2n) is 6.32. The fraction of sp³-hybridized carbons (Fsp3) is 0.353. The van der Waals surface area contributed by atoms with Crippen molar-refractivity contribution < 1.29 is 21.6 Å². The molecule has 1 aliphatic heterocycles. The van der Waals surface area contributed by atoms with E-state index in [2.05, 4.69) is 5.32 Å². The summed E-state index contributed by atoms with van der Waals surface area (Å²) in [6.07, 6.45) is 2.85. The Kier molecular flexibility index (Phi) is 5.71. The minimum absolute atomic E-state index is 0.00169. The van der Waals surface area contributed by atoms with E-state index in [-0.39, 0.29) is 21.3 Å². The van der Waals surface area contributed by atoms with Gasteiger partial charge in [-0.2, -0.15) is 4.31 Å². The number of nitrogens with zero attached hydrogens (tertiary/aromatic N) is 1. The summed E-state index contributed by atoms with van der Waals surface area (Å²) in [5, 5.41) is 4.29. The van der Waals surface area contributed by atoms with Gasteiger partial charge in [-0.1, -0.05) is 24.6 Å². The van der Waals surface area contributed by atoms with Gasteiger partial charge in [-0.15, -0.1) is 11.3 Å². The molecule has 1 aliphatic rings. The summed E-state index contributed by atoms with van der Waals surface area (Å²) >= 11 is 1.11. The molecule has 27 heavy (non-hydrogen) atoms. The number of carbonyl (C=O) groups excluding carboxylic acids is 1. The number of anilines is 1. The lowest BCUT2D eigenvalue weighted by atomic mass is 10.0. The number of amides is 1. The summed E-state index contributed by atoms with van der Waals surface area (Å²) in [5.41, 5.74) is 0.157. The van der Waals surface area contributed by atoms with Crippen molar-refractivity contribution >= 4 is 42.8 Å². The standard InChI is InChI=1S/C17H20N2O5S3/c1-26(21,22)15-9-3-2-7-13(15)18-17(20)14-8-4-5-11-19(14)27(23,24)16-10-6-12-25-16/h2-3,6-7,9-10,12,14H,4-5,8,11H2,1H3,(H,18,20)/t14-/m0/s1. The summed E-state index contributed by atoms with van der Waals surface area (Å²) in [7, 11) is -7.30. The molecular formula is C17H20N2O5S3. The smallest absolute Gasteiger partial charge is 0.253 e. The number of para-hydroxylation sites is 1. The fourth-order valence-corrected chi connectivity index (χ4v) is 6.71. The van der Waals surface area contributed by atoms with Crippen molar-refractivity contribution in [3.63, 3.8) is 0 Å². The van der Waals surface area contributed by atoms with E-state index >= 15 is 0 Å². The van der Waals surface area contributed by atoms with Gasteiger partial charge >= 0.3 is 0 Å². The zero-order valence-electron chi connectivity index (χ0n) is 14.7. The maximum absolute atomic E-state index is 12.9. The van der Waals surface area contributed by atoms with Gasteiger partial charge in [0.25, 0.3) is 10.0 Å². The van der Waals surface area contributed by atoms with Crippen LogP contribution in [-0.2, 0) is 24.7 Å². The zero-order chi connectivity index (χ0) is 19.7. The molecule has 0 bridgehead atoms. The molecule has 0 radical (unpaired) electrons. The van der Waals surface area contributed by atoms with Gasteiger partial charge in [-0.05, 0) is 36.4 Å². The number of sulfone groups is 1. The molecule has 1 fully saturated rings. The number of hydrogen-bond donors (Lipinski definition) is 1. The Labute approximate surface area is 163 Å². The molecule has 1 N–H and O–H groups in total. The average molecular weight is 429 g/mol. The van der Waals surface area contributed by atoms with Crippen LogP contribution in [0.25, 0.3) is 0 Å². The van der Waals surface area contributed by atoms with Crippen molar-refractivity contribution in [3.8, 4) is 0 Å². The molecule has 2 heterocycles. The van der Waals surface area contributed by atoms with E-state index in [9.17, 15) is 21.6 Å². The molecule has 1 amide bonds. The van der Waals surface area contributed by atoms with Gasteiger partial charge in [0.1, 0.15) is 10.3 Å². The monoisotopic (exact) mass is 428 g/mol. The first kappa shape index (κ1) is 20.0. The van der Waals surface area contributed by atoms with E-state index < -0.39 is 31.8 Å². The van der Waals surface area contributed by atoms with Crippen LogP contribution in [0.15, 0.2) is 50.9 Å². The van der Waals surface area contributed by atoms with E-state index in [0.29, 0.717) is 12.8 Å². The fourth-order valence-electron chi connectivity index (χ4n) is 3.09. The molecule has 0 aliphatic carbocycles. The van der Waals surface area contributed by atoms with E-state index in [0.717, 1.165) is 24.0 Å². The molecule has 146 valence electrons. The number of thiophene rings is 1. The Morgan fingerprint density at radius 3 is 2.52 bits per heavy atom. The number of sulfonamides is 1. The van der Waals surface area contributed by atoms with Crippen molar-refractivity contribution in [2.75, 3.05) is 18.1 Å². The SMILES string of the molecule is CS(=O)(=O)c1ccccc1NC(=O)[C@@H]1CCCCN1S(=O)(=O)c1cccs1. The summed E-state index contributed by atoms with van der Waals surface area (Å²) in [4.78, 5) is 12.9. The third kappa shape index (κ3) is 4.23. The molecule has 7 nitrogen and oxygen atoms in total. The summed E-state index contributed by atoms with van der Waals surface area (Å²) in [6.45, 7) is 0.256. The van der Waals surface area contributed by atoms with Gasteiger partial charge in [0.15, 0.2) is 9.84 Å². The molecule has 1 atom stereocenters. The number of benzene rings is 1. The van der Waals surface area contributed by atoms with E-state index in [1.54, 1.807) is 23.6 Å². The molecule has 1 aromatic carbocycles. The highest BCUT2D eigenvalue weighted by molar-refractivity contribution is 7.91. The molecule has 0 unspecified atom stereocenters. The van der Waals surface area contributed by atoms with E-state index in [4.69, 9.17) is 0 Å². The van der Waals surface area contributed by atoms with Crippen LogP contribution in [0.5, 0.6) is 0 Å². The third-order valence-electron chi connectivity index (χ3n) is 4.36. The van der Waals surface area contributed by atoms with Crippen molar-refractivity contribution in [2.45, 2.75) is 34.4 Å². The minimum atomic E-state index is -3.77. The van der Waals surface area contributed by atoms with Crippen molar-refractivity contribution in [3.05, 3.63) is 41.8 Å². The quantitative estimate of drug-likeness (QED) is 0.788. The van der Waals surface area contributed by atoms with Crippen LogP contribution in [0.4, 0.5) is 5.69 Å². The van der Waals surface area contributed by atoms with Gasteiger partial charge in [0.05, 0.1) is 10.6 Å². The second-order valence-corrected chi connectivity index (χ2v) is 11.4. The predicted octanol–water partition coefficient (Wildman–Crippen LogP) is 2.33. The number of carbonyl (C=O) groups is 1. The van der Waals surface area contributed by atoms with Crippen LogP contribution >= 0.6 is 11.3 Å². The highest BCUT2D eigenvalue weighted by Gasteiger charge is 2.38. The van der Waals surface area contributed by atoms with E-state index in [1.165, 1.54) is 22.5 Å². The van der Waals surface area contributed by atoms with Crippen molar-refractivity contribution in [1.29, 1.82) is 0 Å². The molecular weight excluding hydrogens is 408 g/mol. The Morgan fingerprint density at radius 2 is 1.85 bits per heavy atom. The molecule has 0 spiro atoms. The van der Waals surface area contributed by atoms with Crippen LogP contribution in [0.2, 0.25) is 0 Å². The first-order valence-electron chi connectivity index (χ1n) is 8.36. The Hall–Kier alpha value is -1.75. The van der Waals surface area contributed by atoms with Crippen molar-refractivity contribution in [2.24, 2.45) is 0 Å². The lowest BCUT2D eigenvalue weighted by Crippen LogP contribution is -2.49. The summed E-state index contributed by atoms with van der Waals surface area (Å²) < 4.78 is 51.1. The van der Waals surface area contributed by atoms with Gasteiger partial charge in [-0.25, -0.2) is 16.8 Å². The largest absolute Gasteiger partial charge is 0.324 e. The molecule has 1 saturated heterocycles. The highest BCUT2D eigenvalue weighted by atomic mass is 32.2. The molecule has 10 heteroatoms. The number of piperidine rings is 1. The van der Waals surface area contributed by atoms with Crippen LogP contribution in [0, 0.1) is 0 Å². The topological polar surface area (TPSA) is 101 Å². The van der Waals surface area contributed by atoms with E-state index in [1.807, 2.05) is 0 Å². The Balaban J connectivity index is 1.90. The molecule has 2 aromatic rings. The highest BCUT2D eigenvalue weighted by Crippen LogP contribution is 2.29. The number of nitrogens with one attached hydrogen (secondary N) is 1. The Morgan fingerprint density at radius 1 is 1.11 bits per heavy atom. The zero-order valence-corrected chi connectivity index (χ0v) is 17.1. The average Bonchev–Trinajstić information content (AvgIpc) is 3.17. The number of rotatable bonds is 5.